The summed E-state index contributed by atoms with van der Waals surface area (Å²) in [6.07, 6.45) is 1.92. The molecule has 2 aliphatic rings. The van der Waals surface area contributed by atoms with Crippen molar-refractivity contribution in [2.75, 3.05) is 24.5 Å². The molecule has 2 heterocycles. The zero-order valence-electron chi connectivity index (χ0n) is 16.7. The highest BCUT2D eigenvalue weighted by Gasteiger charge is 2.35. The normalized spacial score (nSPS) is 22.1. The van der Waals surface area contributed by atoms with Crippen LogP contribution in [0.2, 0.25) is 0 Å². The van der Waals surface area contributed by atoms with E-state index < -0.39 is 10.0 Å². The van der Waals surface area contributed by atoms with E-state index in [-0.39, 0.29) is 35.1 Å². The zero-order chi connectivity index (χ0) is 20.5. The highest BCUT2D eigenvalue weighted by molar-refractivity contribution is 7.89. The number of nitrogens with zero attached hydrogens (tertiary/aromatic N) is 2. The van der Waals surface area contributed by atoms with Crippen molar-refractivity contribution in [2.24, 2.45) is 11.8 Å². The van der Waals surface area contributed by atoms with Gasteiger partial charge in [0.1, 0.15) is 0 Å². The number of amides is 2. The highest BCUT2D eigenvalue weighted by atomic mass is 32.2. The second kappa shape index (κ2) is 8.21. The summed E-state index contributed by atoms with van der Waals surface area (Å²) in [6, 6.07) is 6.44. The minimum absolute atomic E-state index is 0.0268. The Bertz CT molecular complexity index is 828. The maximum Gasteiger partial charge on any atom is 0.243 e. The Hall–Kier alpha value is -1.93. The molecule has 2 amide bonds. The topological polar surface area (TPSA) is 86.8 Å². The highest BCUT2D eigenvalue weighted by Crippen LogP contribution is 2.28. The lowest BCUT2D eigenvalue weighted by Gasteiger charge is -2.29. The summed E-state index contributed by atoms with van der Waals surface area (Å²) in [5.41, 5.74) is 0.621. The van der Waals surface area contributed by atoms with Gasteiger partial charge < -0.3 is 10.2 Å². The standard InChI is InChI=1S/C20H29N3O4S/c1-14(2)21-20(25)16-12-19(24)23(13-16)17-4-6-18(7-5-17)28(26,27)22-10-8-15(3)9-11-22/h4-7,14-16H,8-13H2,1-3H3,(H,21,25)/t16-/m0/s1. The van der Waals surface area contributed by atoms with E-state index in [2.05, 4.69) is 12.2 Å². The van der Waals surface area contributed by atoms with Gasteiger partial charge in [0.15, 0.2) is 0 Å². The Morgan fingerprint density at radius 2 is 1.75 bits per heavy atom. The molecule has 0 unspecified atom stereocenters. The number of hydrogen-bond acceptors (Lipinski definition) is 4. The summed E-state index contributed by atoms with van der Waals surface area (Å²) in [7, 11) is -3.51. The second-order valence-corrected chi connectivity index (χ2v) is 10.1. The molecule has 28 heavy (non-hydrogen) atoms. The van der Waals surface area contributed by atoms with Gasteiger partial charge in [0.05, 0.1) is 10.8 Å². The van der Waals surface area contributed by atoms with Gasteiger partial charge in [0.25, 0.3) is 0 Å². The van der Waals surface area contributed by atoms with Crippen molar-refractivity contribution in [3.63, 3.8) is 0 Å². The average molecular weight is 408 g/mol. The minimum atomic E-state index is -3.51. The number of rotatable bonds is 5. The van der Waals surface area contributed by atoms with Crippen LogP contribution in [-0.4, -0.2) is 50.2 Å². The SMILES string of the molecule is CC1CCN(S(=O)(=O)c2ccc(N3C[C@@H](C(=O)NC(C)C)CC3=O)cc2)CC1. The number of nitrogens with one attached hydrogen (secondary N) is 1. The van der Waals surface area contributed by atoms with Gasteiger partial charge >= 0.3 is 0 Å². The third-order valence-electron chi connectivity index (χ3n) is 5.46. The van der Waals surface area contributed by atoms with Crippen LogP contribution in [0.1, 0.15) is 40.0 Å². The smallest absolute Gasteiger partial charge is 0.243 e. The Morgan fingerprint density at radius 1 is 1.14 bits per heavy atom. The summed E-state index contributed by atoms with van der Waals surface area (Å²) in [6.45, 7) is 7.31. The van der Waals surface area contributed by atoms with Crippen LogP contribution in [0.25, 0.3) is 0 Å². The summed E-state index contributed by atoms with van der Waals surface area (Å²) in [5, 5.41) is 2.84. The van der Waals surface area contributed by atoms with Gasteiger partial charge in [0.2, 0.25) is 21.8 Å². The number of anilines is 1. The maximum absolute atomic E-state index is 12.8. The van der Waals surface area contributed by atoms with Gasteiger partial charge in [-0.15, -0.1) is 0 Å². The van der Waals surface area contributed by atoms with Crippen molar-refractivity contribution in [1.29, 1.82) is 0 Å². The van der Waals surface area contributed by atoms with Crippen molar-refractivity contribution >= 4 is 27.5 Å². The number of carbonyl (C=O) groups is 2. The quantitative estimate of drug-likeness (QED) is 0.809. The van der Waals surface area contributed by atoms with Crippen LogP contribution in [0, 0.1) is 11.8 Å². The van der Waals surface area contributed by atoms with E-state index in [9.17, 15) is 18.0 Å². The van der Waals surface area contributed by atoms with E-state index >= 15 is 0 Å². The van der Waals surface area contributed by atoms with E-state index in [0.717, 1.165) is 12.8 Å². The largest absolute Gasteiger partial charge is 0.354 e. The molecule has 0 aromatic heterocycles. The lowest BCUT2D eigenvalue weighted by molar-refractivity contribution is -0.126. The van der Waals surface area contributed by atoms with Crippen molar-refractivity contribution in [1.82, 2.24) is 9.62 Å². The van der Waals surface area contributed by atoms with E-state index in [1.165, 1.54) is 4.31 Å². The predicted molar refractivity (Wildman–Crippen MR) is 107 cm³/mol. The molecule has 0 bridgehead atoms. The van der Waals surface area contributed by atoms with Crippen LogP contribution >= 0.6 is 0 Å². The Morgan fingerprint density at radius 3 is 2.32 bits per heavy atom. The first-order chi connectivity index (χ1) is 13.2. The van der Waals surface area contributed by atoms with Crippen LogP contribution in [0.15, 0.2) is 29.2 Å². The third kappa shape index (κ3) is 4.38. The molecule has 2 aliphatic heterocycles. The Labute approximate surface area is 167 Å². The van der Waals surface area contributed by atoms with Crippen molar-refractivity contribution in [3.05, 3.63) is 24.3 Å². The van der Waals surface area contributed by atoms with Crippen LogP contribution in [0.3, 0.4) is 0 Å². The molecule has 154 valence electrons. The summed E-state index contributed by atoms with van der Waals surface area (Å²) in [4.78, 5) is 26.3. The van der Waals surface area contributed by atoms with E-state index in [4.69, 9.17) is 0 Å². The van der Waals surface area contributed by atoms with Gasteiger partial charge in [-0.1, -0.05) is 6.92 Å². The summed E-state index contributed by atoms with van der Waals surface area (Å²) < 4.78 is 27.2. The van der Waals surface area contributed by atoms with E-state index in [1.807, 2.05) is 13.8 Å². The van der Waals surface area contributed by atoms with E-state index in [1.54, 1.807) is 29.2 Å². The molecule has 2 saturated heterocycles. The summed E-state index contributed by atoms with van der Waals surface area (Å²) in [5.74, 6) is -0.0709. The number of piperidine rings is 1. The van der Waals surface area contributed by atoms with Gasteiger partial charge in [-0.3, -0.25) is 9.59 Å². The maximum atomic E-state index is 12.8. The van der Waals surface area contributed by atoms with Crippen LogP contribution in [0.4, 0.5) is 5.69 Å². The molecule has 1 atom stereocenters. The molecule has 1 aromatic rings. The fraction of sp³-hybridized carbons (Fsp3) is 0.600. The molecular formula is C20H29N3O4S. The van der Waals surface area contributed by atoms with Gasteiger partial charge in [-0.05, 0) is 56.9 Å². The molecule has 3 rings (SSSR count). The molecule has 0 aliphatic carbocycles. The first-order valence-electron chi connectivity index (χ1n) is 9.89. The van der Waals surface area contributed by atoms with Crippen LogP contribution in [0.5, 0.6) is 0 Å². The molecule has 7 nitrogen and oxygen atoms in total. The monoisotopic (exact) mass is 407 g/mol. The molecule has 1 aromatic carbocycles. The first-order valence-corrected chi connectivity index (χ1v) is 11.3. The molecule has 0 saturated carbocycles. The lowest BCUT2D eigenvalue weighted by Crippen LogP contribution is -2.38. The van der Waals surface area contributed by atoms with Crippen molar-refractivity contribution in [3.8, 4) is 0 Å². The van der Waals surface area contributed by atoms with Gasteiger partial charge in [-0.25, -0.2) is 8.42 Å². The predicted octanol–water partition coefficient (Wildman–Crippen LogP) is 1.98. The van der Waals surface area contributed by atoms with Gasteiger partial charge in [-0.2, -0.15) is 4.31 Å². The van der Waals surface area contributed by atoms with Crippen molar-refractivity contribution in [2.45, 2.75) is 51.0 Å². The molecule has 0 spiro atoms. The summed E-state index contributed by atoms with van der Waals surface area (Å²) >= 11 is 0. The number of hydrogen-bond donors (Lipinski definition) is 1. The average Bonchev–Trinajstić information content (AvgIpc) is 3.03. The Kier molecular flexibility index (Phi) is 6.09. The fourth-order valence-electron chi connectivity index (χ4n) is 3.71. The lowest BCUT2D eigenvalue weighted by atomic mass is 10.0. The van der Waals surface area contributed by atoms with Gasteiger partial charge in [0, 0.05) is 37.8 Å². The number of benzene rings is 1. The first kappa shape index (κ1) is 20.8. The Balaban J connectivity index is 1.70. The second-order valence-electron chi connectivity index (χ2n) is 8.15. The van der Waals surface area contributed by atoms with Crippen LogP contribution < -0.4 is 10.2 Å². The van der Waals surface area contributed by atoms with Crippen LogP contribution in [-0.2, 0) is 19.6 Å². The molecular weight excluding hydrogens is 378 g/mol. The number of sulfonamides is 1. The fourth-order valence-corrected chi connectivity index (χ4v) is 5.18. The molecule has 8 heteroatoms. The molecule has 1 N–H and O–H groups in total. The minimum Gasteiger partial charge on any atom is -0.354 e. The zero-order valence-corrected chi connectivity index (χ0v) is 17.5. The van der Waals surface area contributed by atoms with Crippen molar-refractivity contribution < 1.29 is 18.0 Å². The number of carbonyl (C=O) groups excluding carboxylic acids is 2. The third-order valence-corrected chi connectivity index (χ3v) is 7.37. The molecule has 0 radical (unpaired) electrons. The molecule has 2 fully saturated rings. The van der Waals surface area contributed by atoms with E-state index in [0.29, 0.717) is 31.2 Å².